The Morgan fingerprint density at radius 2 is 1.89 bits per heavy atom. The first kappa shape index (κ1) is 12.8. The smallest absolute Gasteiger partial charge is 0.282 e. The molecule has 1 amide bonds. The molecule has 0 bridgehead atoms. The Hall–Kier alpha value is -2.69. The Morgan fingerprint density at radius 3 is 2.53 bits per heavy atom. The number of amidine groups is 1. The topological polar surface area (TPSA) is 88.6 Å². The van der Waals surface area contributed by atoms with Gasteiger partial charge in [0.1, 0.15) is 11.6 Å². The van der Waals surface area contributed by atoms with E-state index in [1.54, 1.807) is 24.5 Å². The number of hydrogen-bond acceptors (Lipinski definition) is 3. The summed E-state index contributed by atoms with van der Waals surface area (Å²) >= 11 is 0. The zero-order valence-corrected chi connectivity index (χ0v) is 10.4. The van der Waals surface area contributed by atoms with Crippen LogP contribution < -0.4 is 5.73 Å². The molecule has 2 rings (SSSR count). The van der Waals surface area contributed by atoms with Crippen LogP contribution in [0.15, 0.2) is 47.7 Å². The summed E-state index contributed by atoms with van der Waals surface area (Å²) < 4.78 is 0. The van der Waals surface area contributed by atoms with Gasteiger partial charge in [-0.1, -0.05) is 6.07 Å². The van der Waals surface area contributed by atoms with Crippen LogP contribution in [0.25, 0.3) is 11.1 Å². The summed E-state index contributed by atoms with van der Waals surface area (Å²) in [5.74, 6) is -0.528. The third-order valence-electron chi connectivity index (χ3n) is 2.52. The molecular formula is C14H13N3O2. The van der Waals surface area contributed by atoms with Crippen molar-refractivity contribution in [2.75, 3.05) is 0 Å². The summed E-state index contributed by atoms with van der Waals surface area (Å²) in [5.41, 5.74) is 7.19. The number of aromatic hydroxyl groups is 1. The van der Waals surface area contributed by atoms with Crippen LogP contribution in [0.5, 0.6) is 5.75 Å². The Bertz CT molecular complexity index is 632. The maximum atomic E-state index is 11.8. The molecule has 0 aliphatic carbocycles. The van der Waals surface area contributed by atoms with Crippen molar-refractivity contribution in [3.05, 3.63) is 48.3 Å². The molecule has 96 valence electrons. The predicted molar refractivity (Wildman–Crippen MR) is 73.0 cm³/mol. The van der Waals surface area contributed by atoms with Crippen LogP contribution in [-0.4, -0.2) is 21.8 Å². The average molecular weight is 255 g/mol. The summed E-state index contributed by atoms with van der Waals surface area (Å²) in [5, 5.41) is 9.72. The molecule has 0 atom stereocenters. The maximum Gasteiger partial charge on any atom is 0.282 e. The van der Waals surface area contributed by atoms with Crippen molar-refractivity contribution in [3.8, 4) is 16.9 Å². The molecule has 5 heteroatoms. The molecule has 0 fully saturated rings. The highest BCUT2D eigenvalue weighted by molar-refractivity contribution is 6.04. The number of hydrogen-bond donors (Lipinski definition) is 2. The Balaban J connectivity index is 2.46. The second-order valence-electron chi connectivity index (χ2n) is 4.03. The fourth-order valence-corrected chi connectivity index (χ4v) is 1.65. The number of phenols is 1. The molecule has 19 heavy (non-hydrogen) atoms. The summed E-state index contributed by atoms with van der Waals surface area (Å²) in [6.07, 6.45) is 3.32. The number of carbonyl (C=O) groups is 1. The number of phenolic OH excluding ortho intramolecular Hbond substituents is 1. The van der Waals surface area contributed by atoms with Crippen molar-refractivity contribution in [2.45, 2.75) is 6.92 Å². The normalized spacial score (nSPS) is 11.3. The summed E-state index contributed by atoms with van der Waals surface area (Å²) in [4.78, 5) is 19.4. The van der Waals surface area contributed by atoms with Gasteiger partial charge in [-0.25, -0.2) is 0 Å². The molecule has 0 saturated carbocycles. The SMILES string of the molecule is CC(N)=NC(=O)c1cc(-c2ccncc2)ccc1O. The molecule has 0 spiro atoms. The van der Waals surface area contributed by atoms with E-state index in [4.69, 9.17) is 5.73 Å². The van der Waals surface area contributed by atoms with Gasteiger partial charge in [-0.15, -0.1) is 0 Å². The van der Waals surface area contributed by atoms with E-state index >= 15 is 0 Å². The van der Waals surface area contributed by atoms with Crippen molar-refractivity contribution >= 4 is 11.7 Å². The Morgan fingerprint density at radius 1 is 1.21 bits per heavy atom. The number of benzene rings is 1. The number of carbonyl (C=O) groups excluding carboxylic acids is 1. The Kier molecular flexibility index (Phi) is 3.56. The van der Waals surface area contributed by atoms with Crippen molar-refractivity contribution in [1.82, 2.24) is 4.98 Å². The third-order valence-corrected chi connectivity index (χ3v) is 2.52. The molecule has 0 unspecified atom stereocenters. The van der Waals surface area contributed by atoms with Crippen LogP contribution in [0.2, 0.25) is 0 Å². The first-order valence-corrected chi connectivity index (χ1v) is 5.66. The van der Waals surface area contributed by atoms with E-state index < -0.39 is 5.91 Å². The first-order chi connectivity index (χ1) is 9.08. The lowest BCUT2D eigenvalue weighted by molar-refractivity contribution is 0.100. The minimum atomic E-state index is -0.562. The largest absolute Gasteiger partial charge is 0.507 e. The molecule has 2 aromatic rings. The first-order valence-electron chi connectivity index (χ1n) is 5.66. The fourth-order valence-electron chi connectivity index (χ4n) is 1.65. The van der Waals surface area contributed by atoms with Crippen LogP contribution >= 0.6 is 0 Å². The maximum absolute atomic E-state index is 11.8. The predicted octanol–water partition coefficient (Wildman–Crippen LogP) is 1.97. The van der Waals surface area contributed by atoms with Gasteiger partial charge in [0.2, 0.25) is 0 Å². The van der Waals surface area contributed by atoms with Crippen LogP contribution in [-0.2, 0) is 0 Å². The highest BCUT2D eigenvalue weighted by Gasteiger charge is 2.12. The lowest BCUT2D eigenvalue weighted by atomic mass is 10.0. The van der Waals surface area contributed by atoms with Crippen molar-refractivity contribution < 1.29 is 9.90 Å². The summed E-state index contributed by atoms with van der Waals surface area (Å²) in [7, 11) is 0. The van der Waals surface area contributed by atoms with Gasteiger partial charge < -0.3 is 10.8 Å². The minimum Gasteiger partial charge on any atom is -0.507 e. The highest BCUT2D eigenvalue weighted by atomic mass is 16.3. The van der Waals surface area contributed by atoms with E-state index in [1.807, 2.05) is 12.1 Å². The van der Waals surface area contributed by atoms with Crippen molar-refractivity contribution in [1.29, 1.82) is 0 Å². The van der Waals surface area contributed by atoms with Gasteiger partial charge in [0.05, 0.1) is 5.56 Å². The minimum absolute atomic E-state index is 0.118. The van der Waals surface area contributed by atoms with Gasteiger partial charge in [-0.3, -0.25) is 9.78 Å². The van der Waals surface area contributed by atoms with Crippen LogP contribution in [0.4, 0.5) is 0 Å². The summed E-state index contributed by atoms with van der Waals surface area (Å²) in [6.45, 7) is 1.52. The van der Waals surface area contributed by atoms with Crippen molar-refractivity contribution in [3.63, 3.8) is 0 Å². The van der Waals surface area contributed by atoms with E-state index in [1.165, 1.54) is 13.0 Å². The lowest BCUT2D eigenvalue weighted by Gasteiger charge is -2.05. The van der Waals surface area contributed by atoms with Gasteiger partial charge >= 0.3 is 0 Å². The number of rotatable bonds is 2. The quantitative estimate of drug-likeness (QED) is 0.634. The number of pyridine rings is 1. The zero-order chi connectivity index (χ0) is 13.8. The van der Waals surface area contributed by atoms with Gasteiger partial charge in [-0.05, 0) is 42.3 Å². The van der Waals surface area contributed by atoms with Gasteiger partial charge in [0, 0.05) is 12.4 Å². The molecule has 1 aromatic carbocycles. The van der Waals surface area contributed by atoms with Gasteiger partial charge in [0.25, 0.3) is 5.91 Å². The number of aromatic nitrogens is 1. The van der Waals surface area contributed by atoms with E-state index in [9.17, 15) is 9.90 Å². The third kappa shape index (κ3) is 2.95. The van der Waals surface area contributed by atoms with Crippen LogP contribution in [0.3, 0.4) is 0 Å². The fraction of sp³-hybridized carbons (Fsp3) is 0.0714. The average Bonchev–Trinajstić information content (AvgIpc) is 2.39. The molecule has 0 radical (unpaired) electrons. The molecular weight excluding hydrogens is 242 g/mol. The molecule has 1 aromatic heterocycles. The van der Waals surface area contributed by atoms with Crippen molar-refractivity contribution in [2.24, 2.45) is 10.7 Å². The molecule has 0 saturated heterocycles. The highest BCUT2D eigenvalue weighted by Crippen LogP contribution is 2.26. The second kappa shape index (κ2) is 5.30. The molecule has 5 nitrogen and oxygen atoms in total. The summed E-state index contributed by atoms with van der Waals surface area (Å²) in [6, 6.07) is 8.40. The van der Waals surface area contributed by atoms with E-state index in [-0.39, 0.29) is 17.1 Å². The number of amides is 1. The number of nitrogens with two attached hydrogens (primary N) is 1. The van der Waals surface area contributed by atoms with Gasteiger partial charge in [0.15, 0.2) is 0 Å². The Labute approximate surface area is 110 Å². The van der Waals surface area contributed by atoms with E-state index in [0.717, 1.165) is 11.1 Å². The molecule has 1 heterocycles. The molecule has 0 aliphatic heterocycles. The zero-order valence-electron chi connectivity index (χ0n) is 10.4. The number of nitrogens with zero attached hydrogens (tertiary/aromatic N) is 2. The standard InChI is InChI=1S/C14H13N3O2/c1-9(15)17-14(19)12-8-11(2-3-13(12)18)10-4-6-16-7-5-10/h2-8,18H,1H3,(H2,15,17,19). The lowest BCUT2D eigenvalue weighted by Crippen LogP contribution is -2.09. The second-order valence-corrected chi connectivity index (χ2v) is 4.03. The molecule has 0 aliphatic rings. The van der Waals surface area contributed by atoms with E-state index in [2.05, 4.69) is 9.98 Å². The van der Waals surface area contributed by atoms with Crippen LogP contribution in [0, 0.1) is 0 Å². The van der Waals surface area contributed by atoms with E-state index in [0.29, 0.717) is 0 Å². The van der Waals surface area contributed by atoms with Gasteiger partial charge in [-0.2, -0.15) is 4.99 Å². The number of aliphatic imine (C=N–C) groups is 1. The molecule has 3 N–H and O–H groups in total. The van der Waals surface area contributed by atoms with Crippen LogP contribution in [0.1, 0.15) is 17.3 Å². The monoisotopic (exact) mass is 255 g/mol.